The number of hydrogen-bond donors (Lipinski definition) is 1. The highest BCUT2D eigenvalue weighted by molar-refractivity contribution is 8.01. The Labute approximate surface area is 207 Å². The molecule has 0 bridgehead atoms. The molecule has 8 heteroatoms. The first-order chi connectivity index (χ1) is 15.9. The lowest BCUT2D eigenvalue weighted by atomic mass is 9.72. The number of benzene rings is 1. The number of aliphatic hydroxyl groups is 1. The smallest absolute Gasteiger partial charge is 0.338 e. The van der Waals surface area contributed by atoms with E-state index in [4.69, 9.17) is 14.2 Å². The van der Waals surface area contributed by atoms with Crippen LogP contribution in [0.2, 0.25) is 0 Å². The molecule has 7 nitrogen and oxygen atoms in total. The Kier molecular flexibility index (Phi) is 12.1. The van der Waals surface area contributed by atoms with Crippen LogP contribution in [0.1, 0.15) is 76.2 Å². The predicted molar refractivity (Wildman–Crippen MR) is 134 cm³/mol. The minimum atomic E-state index is -0.983. The van der Waals surface area contributed by atoms with Crippen LogP contribution in [0.15, 0.2) is 24.3 Å². The van der Waals surface area contributed by atoms with Gasteiger partial charge in [-0.2, -0.15) is 0 Å². The van der Waals surface area contributed by atoms with Crippen LogP contribution in [-0.2, 0) is 23.8 Å². The summed E-state index contributed by atoms with van der Waals surface area (Å²) in [5, 5.41) is 9.30. The Morgan fingerprint density at radius 1 is 1.00 bits per heavy atom. The number of rotatable bonds is 14. The summed E-state index contributed by atoms with van der Waals surface area (Å²) in [6.45, 7) is 11.3. The number of carbonyl (C=O) groups is 3. The molecule has 1 aromatic rings. The maximum absolute atomic E-state index is 13.0. The van der Waals surface area contributed by atoms with Gasteiger partial charge in [-0.25, -0.2) is 4.79 Å². The molecule has 0 spiro atoms. The molecule has 0 aliphatic carbocycles. The fraction of sp³-hybridized carbons (Fsp3) is 0.654. The third-order valence-electron chi connectivity index (χ3n) is 6.48. The van der Waals surface area contributed by atoms with Crippen LogP contribution in [0, 0.1) is 11.3 Å². The van der Waals surface area contributed by atoms with Crippen molar-refractivity contribution < 1.29 is 33.7 Å². The largest absolute Gasteiger partial charge is 0.469 e. The lowest BCUT2D eigenvalue weighted by Crippen LogP contribution is -2.43. The first kappa shape index (κ1) is 30.0. The van der Waals surface area contributed by atoms with Crippen molar-refractivity contribution in [1.82, 2.24) is 0 Å². The molecule has 0 saturated heterocycles. The number of ether oxygens (including phenoxy) is 3. The second-order valence-corrected chi connectivity index (χ2v) is 10.8. The zero-order valence-electron chi connectivity index (χ0n) is 21.5. The van der Waals surface area contributed by atoms with Gasteiger partial charge in [0, 0.05) is 5.75 Å². The third-order valence-corrected chi connectivity index (χ3v) is 7.83. The van der Waals surface area contributed by atoms with Crippen LogP contribution in [0.4, 0.5) is 0 Å². The van der Waals surface area contributed by atoms with E-state index < -0.39 is 22.1 Å². The van der Waals surface area contributed by atoms with E-state index in [0.717, 1.165) is 5.56 Å². The molecule has 0 aliphatic rings. The lowest BCUT2D eigenvalue weighted by molar-refractivity contribution is -0.157. The fourth-order valence-electron chi connectivity index (χ4n) is 3.72. The van der Waals surface area contributed by atoms with Crippen molar-refractivity contribution in [1.29, 1.82) is 0 Å². The second kappa shape index (κ2) is 13.7. The van der Waals surface area contributed by atoms with Crippen LogP contribution in [-0.4, -0.2) is 60.4 Å². The van der Waals surface area contributed by atoms with E-state index in [9.17, 15) is 19.5 Å². The molecule has 1 rings (SSSR count). The summed E-state index contributed by atoms with van der Waals surface area (Å²) in [7, 11) is 1.36. The van der Waals surface area contributed by atoms with E-state index in [1.165, 1.54) is 18.9 Å². The summed E-state index contributed by atoms with van der Waals surface area (Å²) in [5.74, 6) is -0.736. The molecular weight excluding hydrogens is 456 g/mol. The highest BCUT2D eigenvalue weighted by atomic mass is 32.2. The summed E-state index contributed by atoms with van der Waals surface area (Å²) in [6.07, 6.45) is 0.919. The highest BCUT2D eigenvalue weighted by Crippen LogP contribution is 2.42. The maximum atomic E-state index is 13.0. The molecule has 0 saturated carbocycles. The molecule has 192 valence electrons. The van der Waals surface area contributed by atoms with Gasteiger partial charge in [-0.3, -0.25) is 9.59 Å². The highest BCUT2D eigenvalue weighted by Gasteiger charge is 2.45. The van der Waals surface area contributed by atoms with Crippen molar-refractivity contribution in [3.8, 4) is 0 Å². The standard InChI is InChI=1S/C26H40O7S/c1-8-25(5,23(29)31-7)19(4)17-26(6,34-16-13-27)24(30)33-15-14-32-22(28)21-11-9-20(10-12-21)18(2)3/h9-12,18-19,27H,8,13-17H2,1-7H3. The molecule has 0 fully saturated rings. The third kappa shape index (κ3) is 8.01. The van der Waals surface area contributed by atoms with Gasteiger partial charge in [0.1, 0.15) is 18.0 Å². The zero-order valence-corrected chi connectivity index (χ0v) is 22.3. The number of methoxy groups -OCH3 is 1. The van der Waals surface area contributed by atoms with Gasteiger partial charge in [0.05, 0.1) is 24.7 Å². The van der Waals surface area contributed by atoms with Crippen LogP contribution in [0.25, 0.3) is 0 Å². The number of carbonyl (C=O) groups excluding carboxylic acids is 3. The van der Waals surface area contributed by atoms with Crippen molar-refractivity contribution in [3.05, 3.63) is 35.4 Å². The van der Waals surface area contributed by atoms with Gasteiger partial charge in [-0.1, -0.05) is 39.8 Å². The van der Waals surface area contributed by atoms with Crippen LogP contribution in [0.5, 0.6) is 0 Å². The van der Waals surface area contributed by atoms with Gasteiger partial charge in [-0.05, 0) is 56.2 Å². The van der Waals surface area contributed by atoms with Crippen molar-refractivity contribution in [2.75, 3.05) is 32.7 Å². The Bertz CT molecular complexity index is 808. The summed E-state index contributed by atoms with van der Waals surface area (Å²) >= 11 is 1.29. The molecule has 0 aromatic heterocycles. The summed E-state index contributed by atoms with van der Waals surface area (Å²) < 4.78 is 14.7. The first-order valence-electron chi connectivity index (χ1n) is 11.7. The molecule has 1 aromatic carbocycles. The van der Waals surface area contributed by atoms with Crippen LogP contribution < -0.4 is 0 Å². The zero-order chi connectivity index (χ0) is 25.9. The summed E-state index contributed by atoms with van der Waals surface area (Å²) in [5.41, 5.74) is 0.816. The molecule has 3 unspecified atom stereocenters. The molecule has 0 heterocycles. The van der Waals surface area contributed by atoms with E-state index in [-0.39, 0.29) is 31.7 Å². The fourth-order valence-corrected chi connectivity index (χ4v) is 4.80. The molecule has 34 heavy (non-hydrogen) atoms. The quantitative estimate of drug-likeness (QED) is 0.226. The van der Waals surface area contributed by atoms with Crippen molar-refractivity contribution in [2.24, 2.45) is 11.3 Å². The topological polar surface area (TPSA) is 99.1 Å². The minimum absolute atomic E-state index is 0.0678. The normalized spacial score (nSPS) is 15.7. The average molecular weight is 497 g/mol. The van der Waals surface area contributed by atoms with Crippen LogP contribution in [0.3, 0.4) is 0 Å². The van der Waals surface area contributed by atoms with E-state index >= 15 is 0 Å². The summed E-state index contributed by atoms with van der Waals surface area (Å²) in [6, 6.07) is 7.23. The SMILES string of the molecule is CCC(C)(C(=O)OC)C(C)CC(C)(SCCO)C(=O)OCCOC(=O)c1ccc(C(C)C)cc1. The van der Waals surface area contributed by atoms with Crippen molar-refractivity contribution >= 4 is 29.7 Å². The second-order valence-electron chi connectivity index (χ2n) is 9.22. The van der Waals surface area contributed by atoms with E-state index in [0.29, 0.717) is 30.1 Å². The Morgan fingerprint density at radius 3 is 2.09 bits per heavy atom. The van der Waals surface area contributed by atoms with E-state index in [1.807, 2.05) is 32.9 Å². The molecule has 0 aliphatic heterocycles. The Balaban J connectivity index is 2.73. The molecule has 3 atom stereocenters. The van der Waals surface area contributed by atoms with Gasteiger partial charge in [-0.15, -0.1) is 11.8 Å². The number of hydrogen-bond acceptors (Lipinski definition) is 8. The van der Waals surface area contributed by atoms with Crippen molar-refractivity contribution in [3.63, 3.8) is 0 Å². The number of thioether (sulfide) groups is 1. The van der Waals surface area contributed by atoms with E-state index in [1.54, 1.807) is 19.1 Å². The molecular formula is C26H40O7S. The van der Waals surface area contributed by atoms with Crippen molar-refractivity contribution in [2.45, 2.75) is 65.0 Å². The Hall–Kier alpha value is -2.06. The van der Waals surface area contributed by atoms with Gasteiger partial charge in [0.25, 0.3) is 0 Å². The van der Waals surface area contributed by atoms with Gasteiger partial charge >= 0.3 is 17.9 Å². The monoisotopic (exact) mass is 496 g/mol. The molecule has 1 N–H and O–H groups in total. The van der Waals surface area contributed by atoms with E-state index in [2.05, 4.69) is 13.8 Å². The Morgan fingerprint density at radius 2 is 1.59 bits per heavy atom. The molecule has 0 amide bonds. The average Bonchev–Trinajstić information content (AvgIpc) is 2.83. The van der Waals surface area contributed by atoms with Crippen LogP contribution >= 0.6 is 11.8 Å². The lowest BCUT2D eigenvalue weighted by Gasteiger charge is -2.37. The predicted octanol–water partition coefficient (Wildman–Crippen LogP) is 4.61. The van der Waals surface area contributed by atoms with Gasteiger partial charge in [0.2, 0.25) is 0 Å². The first-order valence-corrected chi connectivity index (χ1v) is 12.7. The van der Waals surface area contributed by atoms with Gasteiger partial charge in [0.15, 0.2) is 0 Å². The molecule has 0 radical (unpaired) electrons. The van der Waals surface area contributed by atoms with Gasteiger partial charge < -0.3 is 19.3 Å². The maximum Gasteiger partial charge on any atom is 0.338 e. The minimum Gasteiger partial charge on any atom is -0.469 e. The number of aliphatic hydroxyl groups excluding tert-OH is 1. The number of esters is 3. The summed E-state index contributed by atoms with van der Waals surface area (Å²) in [4.78, 5) is 37.6.